The molecule has 192 valence electrons. The predicted molar refractivity (Wildman–Crippen MR) is 148 cm³/mol. The molecule has 0 bridgehead atoms. The minimum atomic E-state index is -3.85. The van der Waals surface area contributed by atoms with E-state index in [1.54, 1.807) is 67.9 Å². The highest BCUT2D eigenvalue weighted by molar-refractivity contribution is 7.89. The van der Waals surface area contributed by atoms with Crippen LogP contribution in [0.15, 0.2) is 87.1 Å². The smallest absolute Gasteiger partial charge is 0.243 e. The second kappa shape index (κ2) is 11.5. The third-order valence-corrected chi connectivity index (χ3v) is 8.23. The van der Waals surface area contributed by atoms with Gasteiger partial charge in [-0.1, -0.05) is 53.0 Å². The molecule has 9 heteroatoms. The van der Waals surface area contributed by atoms with Crippen molar-refractivity contribution in [3.05, 3.63) is 111 Å². The maximum atomic E-state index is 13.6. The van der Waals surface area contributed by atoms with Crippen LogP contribution in [0.5, 0.6) is 5.75 Å². The molecule has 0 atom stereocenters. The number of hydrogen-bond acceptors (Lipinski definition) is 5. The first-order valence-corrected chi connectivity index (χ1v) is 13.6. The predicted octanol–water partition coefficient (Wildman–Crippen LogP) is 7.35. The zero-order valence-electron chi connectivity index (χ0n) is 20.6. The van der Waals surface area contributed by atoms with Crippen LogP contribution < -0.4 is 4.74 Å². The molecule has 0 fully saturated rings. The van der Waals surface area contributed by atoms with Gasteiger partial charge in [0.05, 0.1) is 34.8 Å². The van der Waals surface area contributed by atoms with Gasteiger partial charge in [0.1, 0.15) is 23.0 Å². The van der Waals surface area contributed by atoms with Crippen molar-refractivity contribution in [2.24, 2.45) is 4.99 Å². The quantitative estimate of drug-likeness (QED) is 0.202. The van der Waals surface area contributed by atoms with Crippen LogP contribution in [0.25, 0.3) is 0 Å². The normalized spacial score (nSPS) is 11.9. The van der Waals surface area contributed by atoms with E-state index in [1.165, 1.54) is 4.31 Å². The van der Waals surface area contributed by atoms with E-state index in [2.05, 4.69) is 4.99 Å². The molecule has 1 heterocycles. The van der Waals surface area contributed by atoms with Gasteiger partial charge in [-0.05, 0) is 73.5 Å². The van der Waals surface area contributed by atoms with Crippen molar-refractivity contribution >= 4 is 45.1 Å². The van der Waals surface area contributed by atoms with Crippen LogP contribution >= 0.6 is 23.2 Å². The average molecular weight is 557 g/mol. The van der Waals surface area contributed by atoms with Crippen LogP contribution in [-0.2, 0) is 23.1 Å². The Kier molecular flexibility index (Phi) is 8.39. The Morgan fingerprint density at radius 3 is 2.32 bits per heavy atom. The van der Waals surface area contributed by atoms with Gasteiger partial charge in [-0.3, -0.25) is 0 Å². The summed E-state index contributed by atoms with van der Waals surface area (Å²) in [6.07, 6.45) is 1.58. The van der Waals surface area contributed by atoms with E-state index in [-0.39, 0.29) is 18.0 Å². The Bertz CT molecular complexity index is 1530. The molecule has 0 saturated carbocycles. The van der Waals surface area contributed by atoms with Crippen molar-refractivity contribution in [1.29, 1.82) is 0 Å². The van der Waals surface area contributed by atoms with Crippen LogP contribution in [0, 0.1) is 13.8 Å². The largest absolute Gasteiger partial charge is 0.494 e. The summed E-state index contributed by atoms with van der Waals surface area (Å²) in [4.78, 5) is 4.68. The van der Waals surface area contributed by atoms with Crippen molar-refractivity contribution in [3.63, 3.8) is 0 Å². The molecule has 1 aromatic heterocycles. The molecule has 0 N–H and O–H groups in total. The fraction of sp³-hybridized carbons (Fsp3) is 0.179. The molecule has 0 aliphatic rings. The number of rotatable bonds is 9. The summed E-state index contributed by atoms with van der Waals surface area (Å²) in [6, 6.07) is 21.0. The highest BCUT2D eigenvalue weighted by Crippen LogP contribution is 2.29. The van der Waals surface area contributed by atoms with Gasteiger partial charge in [-0.25, -0.2) is 13.4 Å². The minimum Gasteiger partial charge on any atom is -0.494 e. The molecule has 37 heavy (non-hydrogen) atoms. The highest BCUT2D eigenvalue weighted by Gasteiger charge is 2.26. The Balaban J connectivity index is 1.62. The van der Waals surface area contributed by atoms with E-state index in [0.717, 1.165) is 11.1 Å². The Labute approximate surface area is 227 Å². The van der Waals surface area contributed by atoms with Crippen LogP contribution in [0.2, 0.25) is 10.0 Å². The first-order chi connectivity index (χ1) is 17.7. The lowest BCUT2D eigenvalue weighted by atomic mass is 10.2. The third kappa shape index (κ3) is 6.62. The van der Waals surface area contributed by atoms with Crippen molar-refractivity contribution < 1.29 is 17.6 Å². The maximum absolute atomic E-state index is 13.6. The number of furan rings is 1. The first-order valence-electron chi connectivity index (χ1n) is 11.4. The number of sulfonamides is 1. The number of nitrogens with zero attached hydrogens (tertiary/aromatic N) is 2. The van der Waals surface area contributed by atoms with E-state index in [1.807, 2.05) is 32.0 Å². The minimum absolute atomic E-state index is 0.0120. The summed E-state index contributed by atoms with van der Waals surface area (Å²) in [5.41, 5.74) is 3.39. The van der Waals surface area contributed by atoms with E-state index in [4.69, 9.17) is 32.4 Å². The van der Waals surface area contributed by atoms with Crippen LogP contribution in [0.3, 0.4) is 0 Å². The lowest BCUT2D eigenvalue weighted by Gasteiger charge is -2.22. The zero-order chi connectivity index (χ0) is 26.6. The summed E-state index contributed by atoms with van der Waals surface area (Å²) in [5.74, 6) is 1.60. The molecular weight excluding hydrogens is 531 g/mol. The Morgan fingerprint density at radius 1 is 0.892 bits per heavy atom. The lowest BCUT2D eigenvalue weighted by Crippen LogP contribution is -2.30. The molecule has 0 saturated heterocycles. The second-order valence-corrected chi connectivity index (χ2v) is 11.3. The summed E-state index contributed by atoms with van der Waals surface area (Å²) >= 11 is 12.2. The van der Waals surface area contributed by atoms with E-state index >= 15 is 0 Å². The number of aryl methyl sites for hydroxylation is 2. The van der Waals surface area contributed by atoms with Gasteiger partial charge in [0.2, 0.25) is 10.0 Å². The van der Waals surface area contributed by atoms with Crippen molar-refractivity contribution in [1.82, 2.24) is 4.31 Å². The number of benzene rings is 3. The topological polar surface area (TPSA) is 72.1 Å². The fourth-order valence-corrected chi connectivity index (χ4v) is 5.40. The number of hydrogen-bond donors (Lipinski definition) is 0. The molecule has 3 aromatic carbocycles. The standard InChI is InChI=1S/C28H26Cl2N2O4S/c1-19-4-10-24(11-5-19)37(33,34)32(17-21-7-12-25(29)26(30)15-21)18-23-9-8-22(36-23)16-31-27-14-20(2)6-13-28(27)35-3/h4-16H,17-18H2,1-3H3. The third-order valence-electron chi connectivity index (χ3n) is 5.68. The van der Waals surface area contributed by atoms with Gasteiger partial charge in [-0.15, -0.1) is 0 Å². The monoisotopic (exact) mass is 556 g/mol. The molecule has 6 nitrogen and oxygen atoms in total. The molecule has 0 aliphatic heterocycles. The fourth-order valence-electron chi connectivity index (χ4n) is 3.68. The van der Waals surface area contributed by atoms with Crippen molar-refractivity contribution in [2.45, 2.75) is 31.8 Å². The molecule has 0 amide bonds. The molecule has 4 aromatic rings. The van der Waals surface area contributed by atoms with Gasteiger partial charge in [0.15, 0.2) is 0 Å². The molecule has 4 rings (SSSR count). The SMILES string of the molecule is COc1ccc(C)cc1N=Cc1ccc(CN(Cc2ccc(Cl)c(Cl)c2)S(=O)(=O)c2ccc(C)cc2)o1. The first kappa shape index (κ1) is 26.9. The molecule has 0 unspecified atom stereocenters. The van der Waals surface area contributed by atoms with Gasteiger partial charge >= 0.3 is 0 Å². The Morgan fingerprint density at radius 2 is 1.62 bits per heavy atom. The summed E-state index contributed by atoms with van der Waals surface area (Å²) in [6.45, 7) is 3.97. The summed E-state index contributed by atoms with van der Waals surface area (Å²) in [5, 5.41) is 0.758. The number of methoxy groups -OCH3 is 1. The molecule has 0 radical (unpaired) electrons. The Hall–Kier alpha value is -3.10. The van der Waals surface area contributed by atoms with E-state index in [0.29, 0.717) is 38.6 Å². The number of ether oxygens (including phenoxy) is 1. The maximum Gasteiger partial charge on any atom is 0.243 e. The van der Waals surface area contributed by atoms with E-state index in [9.17, 15) is 8.42 Å². The van der Waals surface area contributed by atoms with Gasteiger partial charge in [-0.2, -0.15) is 4.31 Å². The van der Waals surface area contributed by atoms with Gasteiger partial charge in [0.25, 0.3) is 0 Å². The number of aliphatic imine (C=N–C) groups is 1. The molecular formula is C28H26Cl2N2O4S. The lowest BCUT2D eigenvalue weighted by molar-refractivity contribution is 0.357. The molecule has 0 spiro atoms. The average Bonchev–Trinajstić information content (AvgIpc) is 3.32. The van der Waals surface area contributed by atoms with Gasteiger partial charge in [0, 0.05) is 6.54 Å². The van der Waals surface area contributed by atoms with Crippen molar-refractivity contribution in [3.8, 4) is 5.75 Å². The second-order valence-electron chi connectivity index (χ2n) is 8.57. The number of halogens is 2. The summed E-state index contributed by atoms with van der Waals surface area (Å²) < 4.78 is 39.9. The molecule has 0 aliphatic carbocycles. The summed E-state index contributed by atoms with van der Waals surface area (Å²) in [7, 11) is -2.26. The zero-order valence-corrected chi connectivity index (χ0v) is 22.9. The van der Waals surface area contributed by atoms with Crippen LogP contribution in [-0.4, -0.2) is 26.0 Å². The van der Waals surface area contributed by atoms with Crippen LogP contribution in [0.4, 0.5) is 5.69 Å². The van der Waals surface area contributed by atoms with E-state index < -0.39 is 10.0 Å². The highest BCUT2D eigenvalue weighted by atomic mass is 35.5. The van der Waals surface area contributed by atoms with Crippen molar-refractivity contribution in [2.75, 3.05) is 7.11 Å². The van der Waals surface area contributed by atoms with Gasteiger partial charge < -0.3 is 9.15 Å². The van der Waals surface area contributed by atoms with Crippen LogP contribution in [0.1, 0.15) is 28.2 Å².